The molecule has 11 nitrogen and oxygen atoms in total. The molecule has 11 heteroatoms. The fourth-order valence-corrected chi connectivity index (χ4v) is 4.19. The Kier molecular flexibility index (Phi) is 13.1. The Morgan fingerprint density at radius 3 is 1.80 bits per heavy atom. The minimum absolute atomic E-state index is 0.355. The van der Waals surface area contributed by atoms with Crippen LogP contribution < -0.4 is 0 Å². The largest absolute Gasteiger partial charge is 0.478 e. The highest BCUT2D eigenvalue weighted by Crippen LogP contribution is 2.25. The molecule has 1 atom stereocenters. The van der Waals surface area contributed by atoms with Crippen LogP contribution in [0.15, 0.2) is 77.8 Å². The van der Waals surface area contributed by atoms with E-state index in [1.54, 1.807) is 0 Å². The number of hydrogen-bond acceptors (Lipinski definition) is 7. The monoisotopic (exact) mass is 565 g/mol. The molecule has 4 N–H and O–H groups in total. The maximum Gasteiger partial charge on any atom is 0.328 e. The Balaban J connectivity index is 0.000000304. The fraction of sp³-hybridized carbons (Fsp3) is 0.300. The summed E-state index contributed by atoms with van der Waals surface area (Å²) in [6, 6.07) is 17.9. The zero-order valence-electron chi connectivity index (χ0n) is 23.0. The van der Waals surface area contributed by atoms with Gasteiger partial charge in [0.2, 0.25) is 0 Å². The summed E-state index contributed by atoms with van der Waals surface area (Å²) in [5, 5.41) is 31.2. The Labute approximate surface area is 238 Å². The summed E-state index contributed by atoms with van der Waals surface area (Å²) in [5.74, 6) is -5.03. The molecule has 41 heavy (non-hydrogen) atoms. The molecule has 0 bridgehead atoms. The van der Waals surface area contributed by atoms with Gasteiger partial charge >= 0.3 is 23.9 Å². The highest BCUT2D eigenvalue weighted by atomic mass is 16.4. The van der Waals surface area contributed by atoms with E-state index in [9.17, 15) is 19.2 Å². The molecule has 1 unspecified atom stereocenters. The van der Waals surface area contributed by atoms with Crippen molar-refractivity contribution in [2.75, 3.05) is 39.8 Å². The second kappa shape index (κ2) is 16.5. The molecule has 0 saturated carbocycles. The summed E-state index contributed by atoms with van der Waals surface area (Å²) in [5.41, 5.74) is 6.47. The molecule has 4 rings (SSSR count). The minimum atomic E-state index is -1.26. The molecule has 0 aromatic heterocycles. The molecule has 218 valence electrons. The second-order valence-corrected chi connectivity index (χ2v) is 9.49. The van der Waals surface area contributed by atoms with E-state index in [1.807, 2.05) is 0 Å². The first kappa shape index (κ1) is 32.6. The van der Waals surface area contributed by atoms with E-state index in [1.165, 1.54) is 28.0 Å². The van der Waals surface area contributed by atoms with Crippen LogP contribution in [-0.2, 0) is 25.6 Å². The van der Waals surface area contributed by atoms with E-state index in [0.29, 0.717) is 30.3 Å². The number of hydrogen-bond donors (Lipinski definition) is 4. The van der Waals surface area contributed by atoms with E-state index in [4.69, 9.17) is 25.4 Å². The van der Waals surface area contributed by atoms with Crippen LogP contribution in [-0.4, -0.2) is 106 Å². The third-order valence-electron chi connectivity index (χ3n) is 6.14. The number of fused-ring (bicyclic) bond motifs is 1. The lowest BCUT2D eigenvalue weighted by molar-refractivity contribution is -0.134. The predicted molar refractivity (Wildman–Crippen MR) is 154 cm³/mol. The Morgan fingerprint density at radius 2 is 1.32 bits per heavy atom. The lowest BCUT2D eigenvalue weighted by Gasteiger charge is -2.35. The van der Waals surface area contributed by atoms with Gasteiger partial charge in [0.05, 0.1) is 11.8 Å². The number of likely N-dealkylation sites (N-methyl/N-ethyl adjacent to an activating group) is 1. The number of rotatable bonds is 7. The van der Waals surface area contributed by atoms with Gasteiger partial charge in [-0.1, -0.05) is 48.0 Å². The van der Waals surface area contributed by atoms with Crippen LogP contribution >= 0.6 is 0 Å². The lowest BCUT2D eigenvalue weighted by Crippen LogP contribution is -2.47. The maximum atomic E-state index is 9.55. The molecule has 2 aromatic carbocycles. The van der Waals surface area contributed by atoms with Crippen molar-refractivity contribution in [1.82, 2.24) is 9.80 Å². The van der Waals surface area contributed by atoms with Crippen molar-refractivity contribution < 1.29 is 39.6 Å². The Bertz CT molecular complexity index is 1230. The number of aryl methyl sites for hydroxylation is 1. The van der Waals surface area contributed by atoms with Gasteiger partial charge in [0.25, 0.3) is 0 Å². The van der Waals surface area contributed by atoms with E-state index in [2.05, 4.69) is 72.3 Å². The average molecular weight is 566 g/mol. The van der Waals surface area contributed by atoms with Gasteiger partial charge in [-0.15, -0.1) is 0 Å². The van der Waals surface area contributed by atoms with Gasteiger partial charge in [-0.05, 0) is 32.0 Å². The SMILES string of the molecule is Cc1ccc2c(c1)C(c1ccccc1)=NC(CN1CCN(C)CC1)C2.O=C(O)/C=C/C(=O)O.O=C(O)/C=C/C(=O)O. The summed E-state index contributed by atoms with van der Waals surface area (Å²) < 4.78 is 0. The lowest BCUT2D eigenvalue weighted by atomic mass is 9.89. The van der Waals surface area contributed by atoms with Crippen LogP contribution in [0.5, 0.6) is 0 Å². The third kappa shape index (κ3) is 12.4. The quantitative estimate of drug-likeness (QED) is 0.366. The number of carboxylic acids is 4. The predicted octanol–water partition coefficient (Wildman–Crippen LogP) is 2.43. The fourth-order valence-electron chi connectivity index (χ4n) is 4.19. The van der Waals surface area contributed by atoms with Gasteiger partial charge in [0.1, 0.15) is 0 Å². The summed E-state index contributed by atoms with van der Waals surface area (Å²) in [6.07, 6.45) is 3.29. The van der Waals surface area contributed by atoms with Gasteiger partial charge in [0, 0.05) is 68.2 Å². The summed E-state index contributed by atoms with van der Waals surface area (Å²) in [4.78, 5) is 48.4. The van der Waals surface area contributed by atoms with Crippen LogP contribution in [0, 0.1) is 6.92 Å². The van der Waals surface area contributed by atoms with Crippen molar-refractivity contribution in [3.8, 4) is 0 Å². The van der Waals surface area contributed by atoms with Crippen LogP contribution in [0.1, 0.15) is 22.3 Å². The maximum absolute atomic E-state index is 9.55. The number of carboxylic acid groups (broad SMARTS) is 4. The van der Waals surface area contributed by atoms with E-state index in [0.717, 1.165) is 39.1 Å². The van der Waals surface area contributed by atoms with Crippen molar-refractivity contribution in [3.05, 3.63) is 95.1 Å². The molecule has 0 radical (unpaired) electrons. The van der Waals surface area contributed by atoms with Gasteiger partial charge in [-0.25, -0.2) is 19.2 Å². The molecule has 0 spiro atoms. The first-order chi connectivity index (χ1) is 19.4. The number of piperazine rings is 1. The molecule has 0 amide bonds. The van der Waals surface area contributed by atoms with Crippen molar-refractivity contribution in [1.29, 1.82) is 0 Å². The molecule has 2 aromatic rings. The Morgan fingerprint density at radius 1 is 0.805 bits per heavy atom. The molecule has 2 heterocycles. The average Bonchev–Trinajstić information content (AvgIpc) is 2.93. The van der Waals surface area contributed by atoms with Crippen LogP contribution in [0.3, 0.4) is 0 Å². The van der Waals surface area contributed by atoms with Gasteiger partial charge < -0.3 is 25.3 Å². The van der Waals surface area contributed by atoms with E-state index < -0.39 is 23.9 Å². The number of aliphatic carboxylic acids is 4. The topological polar surface area (TPSA) is 168 Å². The van der Waals surface area contributed by atoms with Crippen molar-refractivity contribution >= 4 is 29.6 Å². The standard InChI is InChI=1S/C22H27N3.2C4H4O4/c1-17-8-9-19-15-20(16-25-12-10-24(2)11-13-25)23-22(21(19)14-17)18-6-4-3-5-7-18;2*5-3(6)1-2-4(7)8/h3-9,14,20H,10-13,15-16H2,1-2H3;2*1-2H,(H,5,6)(H,7,8)/b;2*2-1+. The van der Waals surface area contributed by atoms with E-state index >= 15 is 0 Å². The normalized spacial score (nSPS) is 16.9. The molecular weight excluding hydrogens is 530 g/mol. The van der Waals surface area contributed by atoms with Gasteiger partial charge in [-0.3, -0.25) is 9.89 Å². The van der Waals surface area contributed by atoms with Crippen LogP contribution in [0.4, 0.5) is 0 Å². The highest BCUT2D eigenvalue weighted by molar-refractivity contribution is 6.14. The van der Waals surface area contributed by atoms with Gasteiger partial charge in [0.15, 0.2) is 0 Å². The van der Waals surface area contributed by atoms with Crippen molar-refractivity contribution in [3.63, 3.8) is 0 Å². The smallest absolute Gasteiger partial charge is 0.328 e. The second-order valence-electron chi connectivity index (χ2n) is 9.49. The molecule has 1 fully saturated rings. The summed E-state index contributed by atoms with van der Waals surface area (Å²) in [7, 11) is 2.21. The number of carbonyl (C=O) groups is 4. The number of nitrogens with zero attached hydrogens (tertiary/aromatic N) is 3. The summed E-state index contributed by atoms with van der Waals surface area (Å²) in [6.45, 7) is 7.88. The van der Waals surface area contributed by atoms with Crippen LogP contribution in [0.2, 0.25) is 0 Å². The molecule has 2 aliphatic rings. The Hall–Kier alpha value is -4.61. The molecule has 1 saturated heterocycles. The zero-order valence-corrected chi connectivity index (χ0v) is 23.0. The first-order valence-electron chi connectivity index (χ1n) is 12.9. The van der Waals surface area contributed by atoms with Crippen molar-refractivity contribution in [2.24, 2.45) is 4.99 Å². The number of aliphatic imine (C=N–C) groups is 1. The zero-order chi connectivity index (χ0) is 30.4. The highest BCUT2D eigenvalue weighted by Gasteiger charge is 2.25. The van der Waals surface area contributed by atoms with Crippen LogP contribution in [0.25, 0.3) is 0 Å². The van der Waals surface area contributed by atoms with Crippen molar-refractivity contribution in [2.45, 2.75) is 19.4 Å². The third-order valence-corrected chi connectivity index (χ3v) is 6.14. The molecular formula is C30H35N3O8. The first-order valence-corrected chi connectivity index (χ1v) is 12.9. The molecule has 2 aliphatic heterocycles. The van der Waals surface area contributed by atoms with Gasteiger partial charge in [-0.2, -0.15) is 0 Å². The van der Waals surface area contributed by atoms with E-state index in [-0.39, 0.29) is 0 Å². The number of benzene rings is 2. The summed E-state index contributed by atoms with van der Waals surface area (Å²) >= 11 is 0. The molecule has 0 aliphatic carbocycles. The minimum Gasteiger partial charge on any atom is -0.478 e.